The lowest BCUT2D eigenvalue weighted by Crippen LogP contribution is -2.44. The topological polar surface area (TPSA) is 94.1 Å². The number of rotatable bonds is 14. The van der Waals surface area contributed by atoms with Crippen molar-refractivity contribution in [2.75, 3.05) is 13.2 Å². The molecule has 2 saturated heterocycles. The van der Waals surface area contributed by atoms with Crippen LogP contribution in [0, 0.1) is 0 Å². The van der Waals surface area contributed by atoms with Gasteiger partial charge in [0.1, 0.15) is 0 Å². The summed E-state index contributed by atoms with van der Waals surface area (Å²) in [6.07, 6.45) is 1.43. The van der Waals surface area contributed by atoms with Gasteiger partial charge in [0.2, 0.25) is 11.8 Å². The first kappa shape index (κ1) is 40.1. The summed E-state index contributed by atoms with van der Waals surface area (Å²) < 4.78 is 6.40. The minimum absolute atomic E-state index is 0.00719. The molecule has 3 N–H and O–H groups in total. The van der Waals surface area contributed by atoms with E-state index in [1.165, 1.54) is 22.3 Å². The lowest BCUT2D eigenvalue weighted by atomic mass is 10.1. The molecule has 0 aromatic heterocycles. The van der Waals surface area contributed by atoms with Crippen molar-refractivity contribution >= 4 is 20.1 Å². The molecule has 6 rings (SSSR count). The highest BCUT2D eigenvalue weighted by Gasteiger charge is 2.41. The first-order valence-corrected chi connectivity index (χ1v) is 21.8. The van der Waals surface area contributed by atoms with Crippen LogP contribution in [0.5, 0.6) is 0 Å². The summed E-state index contributed by atoms with van der Waals surface area (Å²) in [6, 6.07) is 40.8. The molecule has 4 atom stereocenters. The van der Waals surface area contributed by atoms with Crippen molar-refractivity contribution in [3.63, 3.8) is 0 Å². The number of nitrogens with zero attached hydrogens (tertiary/aromatic N) is 2. The molecule has 2 heterocycles. The molecule has 2 fully saturated rings. The number of carbonyl (C=O) groups excluding carboxylic acids is 2. The average Bonchev–Trinajstić information content (AvgIpc) is 3.73. The molecule has 0 saturated carbocycles. The fraction of sp³-hybridized carbons (Fsp3) is 0.409. The van der Waals surface area contributed by atoms with Gasteiger partial charge in [0.05, 0.1) is 37.4 Å². The van der Waals surface area contributed by atoms with Gasteiger partial charge in [0.25, 0.3) is 0 Å². The average molecular weight is 735 g/mol. The maximum Gasteiger partial charge on any atom is 0.237 e. The van der Waals surface area contributed by atoms with Gasteiger partial charge >= 0.3 is 0 Å². The summed E-state index contributed by atoms with van der Waals surface area (Å²) in [7, 11) is -1.83. The molecule has 4 aromatic rings. The molecule has 0 unspecified atom stereocenters. The molecule has 2 aliphatic rings. The highest BCUT2D eigenvalue weighted by molar-refractivity contribution is 6.74. The largest absolute Gasteiger partial charge is 0.415 e. The second-order valence-electron chi connectivity index (χ2n) is 15.9. The molecule has 0 radical (unpaired) electrons. The van der Waals surface area contributed by atoms with Crippen molar-refractivity contribution in [2.24, 2.45) is 0 Å². The van der Waals surface area contributed by atoms with Crippen molar-refractivity contribution in [1.29, 1.82) is 0 Å². The second kappa shape index (κ2) is 18.8. The summed E-state index contributed by atoms with van der Waals surface area (Å²) in [5, 5.41) is 15.6. The Morgan fingerprint density at radius 1 is 0.604 bits per heavy atom. The van der Waals surface area contributed by atoms with Crippen LogP contribution in [0.1, 0.15) is 55.9 Å². The second-order valence-corrected chi connectivity index (χ2v) is 20.7. The first-order chi connectivity index (χ1) is 25.4. The van der Waals surface area contributed by atoms with Gasteiger partial charge in [0, 0.05) is 26.2 Å². The Morgan fingerprint density at radius 3 is 1.23 bits per heavy atom. The van der Waals surface area contributed by atoms with Gasteiger partial charge in [-0.15, -0.1) is 0 Å². The van der Waals surface area contributed by atoms with Crippen molar-refractivity contribution in [2.45, 2.75) is 102 Å². The highest BCUT2D eigenvalue weighted by atomic mass is 28.4. The number of hydrogen-bond acceptors (Lipinski definition) is 6. The number of aliphatic hydroxyl groups excluding tert-OH is 1. The standard InChI is InChI=1S/C25H36N2O2Si.C19H22N2O2/c1-25(2,3)30(4,5)29-19-22-16-23(24(28)26-22)27(17-20-12-8-6-9-13-20)18-21-14-10-7-11-15-21;22-14-17-11-18(19(23)20-17)21(12-15-7-3-1-4-8-15)13-16-9-5-2-6-10-16/h6-15,22-23H,16-19H2,1-5H3,(H,26,28);1-10,17-18,22H,11-14H2,(H,20,23)/t22-,23-;17-,18-/m00/s1. The van der Waals surface area contributed by atoms with Crippen LogP contribution in [0.15, 0.2) is 121 Å². The van der Waals surface area contributed by atoms with Gasteiger partial charge in [-0.2, -0.15) is 0 Å². The zero-order valence-corrected chi connectivity index (χ0v) is 33.1. The fourth-order valence-electron chi connectivity index (χ4n) is 6.68. The Labute approximate surface area is 317 Å². The fourth-order valence-corrected chi connectivity index (χ4v) is 7.73. The molecule has 282 valence electrons. The first-order valence-electron chi connectivity index (χ1n) is 18.9. The van der Waals surface area contributed by atoms with Crippen molar-refractivity contribution in [1.82, 2.24) is 20.4 Å². The zero-order chi connectivity index (χ0) is 37.8. The monoisotopic (exact) mass is 734 g/mol. The lowest BCUT2D eigenvalue weighted by molar-refractivity contribution is -0.125. The van der Waals surface area contributed by atoms with Crippen LogP contribution >= 0.6 is 0 Å². The molecule has 8 nitrogen and oxygen atoms in total. The summed E-state index contributed by atoms with van der Waals surface area (Å²) in [6.45, 7) is 14.8. The predicted molar refractivity (Wildman–Crippen MR) is 215 cm³/mol. The van der Waals surface area contributed by atoms with Gasteiger partial charge in [-0.05, 0) is 53.2 Å². The zero-order valence-electron chi connectivity index (χ0n) is 32.1. The van der Waals surface area contributed by atoms with Crippen LogP contribution in [-0.2, 0) is 40.2 Å². The molecule has 0 spiro atoms. The number of amides is 2. The highest BCUT2D eigenvalue weighted by Crippen LogP contribution is 2.37. The van der Waals surface area contributed by atoms with E-state index in [2.05, 4.69) is 127 Å². The lowest BCUT2D eigenvalue weighted by Gasteiger charge is -2.37. The van der Waals surface area contributed by atoms with Gasteiger partial charge in [-0.25, -0.2) is 0 Å². The van der Waals surface area contributed by atoms with Crippen LogP contribution in [0.3, 0.4) is 0 Å². The van der Waals surface area contributed by atoms with Gasteiger partial charge < -0.3 is 20.2 Å². The molecule has 53 heavy (non-hydrogen) atoms. The Kier molecular flexibility index (Phi) is 14.2. The molecular formula is C44H58N4O4Si. The molecule has 9 heteroatoms. The summed E-state index contributed by atoms with van der Waals surface area (Å²) in [5.41, 5.74) is 4.82. The van der Waals surface area contributed by atoms with Crippen LogP contribution in [0.2, 0.25) is 18.1 Å². The van der Waals surface area contributed by atoms with E-state index in [1.807, 2.05) is 48.5 Å². The maximum atomic E-state index is 12.9. The van der Waals surface area contributed by atoms with Gasteiger partial charge in [0.15, 0.2) is 8.32 Å². The quantitative estimate of drug-likeness (QED) is 0.122. The van der Waals surface area contributed by atoms with E-state index in [9.17, 15) is 14.7 Å². The minimum atomic E-state index is -1.83. The number of aliphatic hydroxyl groups is 1. The van der Waals surface area contributed by atoms with E-state index in [4.69, 9.17) is 4.43 Å². The SMILES string of the molecule is CC(C)(C)[Si](C)(C)OC[C@@H]1C[C@H](N(Cc2ccccc2)Cc2ccccc2)C(=O)N1.O=C1N[C@H](CO)C[C@@H]1N(Cc1ccccc1)Cc1ccccc1. The Bertz CT molecular complexity index is 1620. The number of nitrogens with one attached hydrogen (secondary N) is 2. The third-order valence-electron chi connectivity index (χ3n) is 10.8. The van der Waals surface area contributed by atoms with E-state index in [-0.39, 0.29) is 47.6 Å². The predicted octanol–water partition coefficient (Wildman–Crippen LogP) is 6.91. The molecule has 0 bridgehead atoms. The van der Waals surface area contributed by atoms with Gasteiger partial charge in [-0.3, -0.25) is 19.4 Å². The van der Waals surface area contributed by atoms with E-state index in [1.54, 1.807) is 0 Å². The van der Waals surface area contributed by atoms with E-state index < -0.39 is 8.32 Å². The van der Waals surface area contributed by atoms with E-state index in [0.717, 1.165) is 19.5 Å². The van der Waals surface area contributed by atoms with E-state index >= 15 is 0 Å². The minimum Gasteiger partial charge on any atom is -0.415 e. The number of carbonyl (C=O) groups is 2. The van der Waals surface area contributed by atoms with Gasteiger partial charge in [-0.1, -0.05) is 142 Å². The molecule has 2 amide bonds. The summed E-state index contributed by atoms with van der Waals surface area (Å²) >= 11 is 0. The molecule has 0 aliphatic carbocycles. The maximum absolute atomic E-state index is 12.9. The normalized spacial score (nSPS) is 20.2. The smallest absolute Gasteiger partial charge is 0.237 e. The third-order valence-corrected chi connectivity index (χ3v) is 15.3. The molecule has 4 aromatic carbocycles. The molecular weight excluding hydrogens is 677 g/mol. The summed E-state index contributed by atoms with van der Waals surface area (Å²) in [4.78, 5) is 29.7. The van der Waals surface area contributed by atoms with Crippen LogP contribution in [-0.4, -0.2) is 72.4 Å². The number of hydrogen-bond donors (Lipinski definition) is 3. The van der Waals surface area contributed by atoms with Crippen LogP contribution < -0.4 is 10.6 Å². The summed E-state index contributed by atoms with van der Waals surface area (Å²) in [5.74, 6) is 0.126. The van der Waals surface area contributed by atoms with Crippen molar-refractivity contribution in [3.05, 3.63) is 144 Å². The third kappa shape index (κ3) is 11.7. The van der Waals surface area contributed by atoms with Crippen molar-refractivity contribution < 1.29 is 19.1 Å². The Hall–Kier alpha value is -4.12. The Balaban J connectivity index is 0.000000211. The number of benzene rings is 4. The van der Waals surface area contributed by atoms with Crippen molar-refractivity contribution in [3.8, 4) is 0 Å². The van der Waals surface area contributed by atoms with Crippen LogP contribution in [0.4, 0.5) is 0 Å². The molecule has 2 aliphatic heterocycles. The van der Waals surface area contributed by atoms with E-state index in [0.29, 0.717) is 26.1 Å². The van der Waals surface area contributed by atoms with Crippen LogP contribution in [0.25, 0.3) is 0 Å². The Morgan fingerprint density at radius 2 is 0.925 bits per heavy atom.